The van der Waals surface area contributed by atoms with E-state index in [1.54, 1.807) is 30.3 Å². The Morgan fingerprint density at radius 2 is 1.84 bits per heavy atom. The molecule has 1 saturated heterocycles. The van der Waals surface area contributed by atoms with Gasteiger partial charge in [0.05, 0.1) is 5.56 Å². The molecule has 4 amide bonds. The summed E-state index contributed by atoms with van der Waals surface area (Å²) in [5.74, 6) is -2.61. The molecule has 31 heavy (non-hydrogen) atoms. The predicted molar refractivity (Wildman–Crippen MR) is 107 cm³/mol. The minimum atomic E-state index is -1.03. The Morgan fingerprint density at radius 3 is 2.52 bits per heavy atom. The molecule has 3 N–H and O–H groups in total. The number of piperidine rings is 1. The first-order valence-electron chi connectivity index (χ1n) is 9.72. The summed E-state index contributed by atoms with van der Waals surface area (Å²) in [5, 5.41) is 14.0. The van der Waals surface area contributed by atoms with Crippen LogP contribution in [-0.4, -0.2) is 45.6 Å². The van der Waals surface area contributed by atoms with Gasteiger partial charge >= 0.3 is 5.97 Å². The van der Waals surface area contributed by atoms with Crippen LogP contribution in [0.5, 0.6) is 0 Å². The van der Waals surface area contributed by atoms with Gasteiger partial charge in [-0.2, -0.15) is 0 Å². The van der Waals surface area contributed by atoms with Crippen LogP contribution in [0.15, 0.2) is 42.5 Å². The van der Waals surface area contributed by atoms with Gasteiger partial charge in [0.2, 0.25) is 11.8 Å². The molecule has 2 aromatic carbocycles. The van der Waals surface area contributed by atoms with E-state index in [2.05, 4.69) is 10.6 Å². The minimum Gasteiger partial charge on any atom is -0.478 e. The van der Waals surface area contributed by atoms with Crippen molar-refractivity contribution < 1.29 is 29.1 Å². The summed E-state index contributed by atoms with van der Waals surface area (Å²) >= 11 is 0. The fraction of sp³-hybridized carbons (Fsp3) is 0.227. The van der Waals surface area contributed by atoms with E-state index in [0.29, 0.717) is 16.7 Å². The summed E-state index contributed by atoms with van der Waals surface area (Å²) < 4.78 is 0. The van der Waals surface area contributed by atoms with Crippen LogP contribution in [-0.2, 0) is 22.7 Å². The van der Waals surface area contributed by atoms with Crippen LogP contribution >= 0.6 is 0 Å². The first-order chi connectivity index (χ1) is 14.8. The van der Waals surface area contributed by atoms with Crippen molar-refractivity contribution in [2.24, 2.45) is 0 Å². The fourth-order valence-corrected chi connectivity index (χ4v) is 3.84. The van der Waals surface area contributed by atoms with Crippen molar-refractivity contribution in [3.8, 4) is 0 Å². The van der Waals surface area contributed by atoms with Crippen LogP contribution in [0.1, 0.15) is 55.0 Å². The number of carboxylic acid groups (broad SMARTS) is 1. The fourth-order valence-electron chi connectivity index (χ4n) is 3.84. The van der Waals surface area contributed by atoms with Gasteiger partial charge in [0.1, 0.15) is 6.04 Å². The van der Waals surface area contributed by atoms with Gasteiger partial charge in [-0.3, -0.25) is 24.5 Å². The van der Waals surface area contributed by atoms with Crippen LogP contribution in [0.25, 0.3) is 0 Å². The highest BCUT2D eigenvalue weighted by Crippen LogP contribution is 2.29. The summed E-state index contributed by atoms with van der Waals surface area (Å²) in [6, 6.07) is 10.2. The van der Waals surface area contributed by atoms with Crippen molar-refractivity contribution in [1.29, 1.82) is 0 Å². The number of amides is 4. The van der Waals surface area contributed by atoms with Gasteiger partial charge in [-0.15, -0.1) is 0 Å². The largest absolute Gasteiger partial charge is 0.478 e. The molecule has 0 aliphatic carbocycles. The van der Waals surface area contributed by atoms with Gasteiger partial charge in [-0.1, -0.05) is 18.2 Å². The topological polar surface area (TPSA) is 133 Å². The number of fused-ring (bicyclic) bond motifs is 1. The SMILES string of the molecule is O=C1CCC(N2Cc3c(C(=O)NCc4ccc(C(=O)O)cc4)cccc3C2=O)C(=O)N1. The number of hydrogen-bond donors (Lipinski definition) is 3. The molecule has 2 aromatic rings. The second-order valence-corrected chi connectivity index (χ2v) is 7.42. The highest BCUT2D eigenvalue weighted by Gasteiger charge is 2.40. The number of rotatable bonds is 5. The first-order valence-corrected chi connectivity index (χ1v) is 9.72. The summed E-state index contributed by atoms with van der Waals surface area (Å²) in [5.41, 5.74) is 2.12. The molecule has 0 bridgehead atoms. The quantitative estimate of drug-likeness (QED) is 0.619. The zero-order chi connectivity index (χ0) is 22.1. The Kier molecular flexibility index (Phi) is 5.24. The van der Waals surface area contributed by atoms with Crippen LogP contribution in [0.4, 0.5) is 0 Å². The Hall–Kier alpha value is -4.01. The average molecular weight is 421 g/mol. The Morgan fingerprint density at radius 1 is 1.10 bits per heavy atom. The molecule has 1 fully saturated rings. The minimum absolute atomic E-state index is 0.108. The first kappa shape index (κ1) is 20.3. The highest BCUT2D eigenvalue weighted by atomic mass is 16.4. The number of carbonyl (C=O) groups is 5. The normalized spacial score (nSPS) is 17.9. The summed E-state index contributed by atoms with van der Waals surface area (Å²) in [6.45, 7) is 0.296. The maximum absolute atomic E-state index is 12.8. The van der Waals surface area contributed by atoms with Crippen molar-refractivity contribution in [3.05, 3.63) is 70.3 Å². The molecule has 0 aromatic heterocycles. The Bertz CT molecular complexity index is 1110. The maximum atomic E-state index is 12.8. The van der Waals surface area contributed by atoms with E-state index < -0.39 is 17.9 Å². The molecule has 2 aliphatic heterocycles. The van der Waals surface area contributed by atoms with Crippen molar-refractivity contribution in [2.75, 3.05) is 0 Å². The lowest BCUT2D eigenvalue weighted by Crippen LogP contribution is -2.52. The molecule has 0 spiro atoms. The zero-order valence-corrected chi connectivity index (χ0v) is 16.4. The number of carbonyl (C=O) groups excluding carboxylic acids is 4. The smallest absolute Gasteiger partial charge is 0.335 e. The third-order valence-electron chi connectivity index (χ3n) is 5.48. The standard InChI is InChI=1S/C22H19N3O6/c26-18-9-8-17(20(28)24-18)25-11-16-14(2-1-3-15(16)21(25)29)19(27)23-10-12-4-6-13(7-5-12)22(30)31/h1-7,17H,8-11H2,(H,23,27)(H,30,31)(H,24,26,28). The zero-order valence-electron chi connectivity index (χ0n) is 16.4. The predicted octanol–water partition coefficient (Wildman–Crippen LogP) is 1.08. The van der Waals surface area contributed by atoms with E-state index in [-0.39, 0.29) is 49.2 Å². The second kappa shape index (κ2) is 8.02. The molecule has 158 valence electrons. The number of nitrogens with zero attached hydrogens (tertiary/aromatic N) is 1. The molecule has 4 rings (SSSR count). The van der Waals surface area contributed by atoms with Gasteiger partial charge < -0.3 is 15.3 Å². The van der Waals surface area contributed by atoms with Crippen molar-refractivity contribution in [2.45, 2.75) is 32.0 Å². The van der Waals surface area contributed by atoms with E-state index in [1.807, 2.05) is 0 Å². The molecular weight excluding hydrogens is 402 g/mol. The van der Waals surface area contributed by atoms with E-state index in [4.69, 9.17) is 5.11 Å². The highest BCUT2D eigenvalue weighted by molar-refractivity contribution is 6.07. The lowest BCUT2D eigenvalue weighted by molar-refractivity contribution is -0.136. The number of carboxylic acids is 1. The number of benzene rings is 2. The van der Waals surface area contributed by atoms with Gasteiger partial charge in [0.15, 0.2) is 0 Å². The molecule has 2 heterocycles. The molecule has 1 atom stereocenters. The van der Waals surface area contributed by atoms with Crippen LogP contribution in [0.3, 0.4) is 0 Å². The maximum Gasteiger partial charge on any atom is 0.335 e. The summed E-state index contributed by atoms with van der Waals surface area (Å²) in [7, 11) is 0. The molecule has 2 aliphatic rings. The number of nitrogens with one attached hydrogen (secondary N) is 2. The molecule has 1 unspecified atom stereocenters. The molecule has 9 heteroatoms. The van der Waals surface area contributed by atoms with E-state index in [9.17, 15) is 24.0 Å². The van der Waals surface area contributed by atoms with Crippen LogP contribution in [0, 0.1) is 0 Å². The summed E-state index contributed by atoms with van der Waals surface area (Å²) in [6.07, 6.45) is 0.406. The average Bonchev–Trinajstić information content (AvgIpc) is 3.09. The van der Waals surface area contributed by atoms with Gasteiger partial charge in [-0.25, -0.2) is 4.79 Å². The van der Waals surface area contributed by atoms with Crippen LogP contribution < -0.4 is 10.6 Å². The lowest BCUT2D eigenvalue weighted by atomic mass is 10.0. The number of imide groups is 1. The molecule has 0 radical (unpaired) electrons. The Balaban J connectivity index is 1.49. The van der Waals surface area contributed by atoms with Gasteiger partial charge in [0, 0.05) is 30.6 Å². The third kappa shape index (κ3) is 3.89. The third-order valence-corrected chi connectivity index (χ3v) is 5.48. The van der Waals surface area contributed by atoms with E-state index in [0.717, 1.165) is 5.56 Å². The lowest BCUT2D eigenvalue weighted by Gasteiger charge is -2.29. The number of hydrogen-bond acceptors (Lipinski definition) is 5. The molecule has 9 nitrogen and oxygen atoms in total. The van der Waals surface area contributed by atoms with Crippen LogP contribution in [0.2, 0.25) is 0 Å². The molecule has 0 saturated carbocycles. The van der Waals surface area contributed by atoms with E-state index in [1.165, 1.54) is 17.0 Å². The Labute approximate surface area is 177 Å². The van der Waals surface area contributed by atoms with Gasteiger partial charge in [0.25, 0.3) is 11.8 Å². The molecular formula is C22H19N3O6. The van der Waals surface area contributed by atoms with Crippen molar-refractivity contribution in [3.63, 3.8) is 0 Å². The number of aromatic carboxylic acids is 1. The second-order valence-electron chi connectivity index (χ2n) is 7.42. The van der Waals surface area contributed by atoms with Crippen molar-refractivity contribution >= 4 is 29.6 Å². The van der Waals surface area contributed by atoms with E-state index >= 15 is 0 Å². The van der Waals surface area contributed by atoms with Gasteiger partial charge in [-0.05, 0) is 41.8 Å². The monoisotopic (exact) mass is 421 g/mol. The van der Waals surface area contributed by atoms with Crippen molar-refractivity contribution in [1.82, 2.24) is 15.5 Å². The summed E-state index contributed by atoms with van der Waals surface area (Å²) in [4.78, 5) is 61.6.